The average Bonchev–Trinajstić information content (AvgIpc) is 3.42. The SMILES string of the molecule is Cn1nc(C2CCCNC2)c2ccc(N3CCC(C4OCCO4)C3)cc21. The molecule has 5 rings (SSSR count). The Balaban J connectivity index is 1.39. The summed E-state index contributed by atoms with van der Waals surface area (Å²) in [6.45, 7) is 5.73. The molecule has 4 heterocycles. The van der Waals surface area contributed by atoms with Gasteiger partial charge in [-0.3, -0.25) is 4.68 Å². The molecule has 1 N–H and O–H groups in total. The van der Waals surface area contributed by atoms with Crippen LogP contribution in [0.1, 0.15) is 30.9 Å². The minimum atomic E-state index is -0.00848. The molecular formula is C20H28N4O2. The summed E-state index contributed by atoms with van der Waals surface area (Å²) in [5.74, 6) is 1.01. The van der Waals surface area contributed by atoms with Crippen LogP contribution in [0.25, 0.3) is 10.9 Å². The standard InChI is InChI=1S/C20H28N4O2/c1-23-18-11-16(24-8-6-15(13-24)20-25-9-10-26-20)4-5-17(18)19(22-23)14-3-2-7-21-12-14/h4-5,11,14-15,20-21H,2-3,6-10,12-13H2,1H3. The van der Waals surface area contributed by atoms with Gasteiger partial charge in [-0.25, -0.2) is 0 Å². The Morgan fingerprint density at radius 1 is 1.19 bits per heavy atom. The highest BCUT2D eigenvalue weighted by molar-refractivity contribution is 5.86. The Morgan fingerprint density at radius 2 is 2.08 bits per heavy atom. The number of aromatic nitrogens is 2. The largest absolute Gasteiger partial charge is 0.371 e. The summed E-state index contributed by atoms with van der Waals surface area (Å²) in [5, 5.41) is 9.70. The van der Waals surface area contributed by atoms with E-state index in [1.54, 1.807) is 0 Å². The second-order valence-corrected chi connectivity index (χ2v) is 7.86. The molecule has 3 saturated heterocycles. The van der Waals surface area contributed by atoms with Crippen molar-refractivity contribution in [1.82, 2.24) is 15.1 Å². The van der Waals surface area contributed by atoms with E-state index in [-0.39, 0.29) is 6.29 Å². The van der Waals surface area contributed by atoms with E-state index in [1.807, 2.05) is 0 Å². The van der Waals surface area contributed by atoms with Crippen LogP contribution >= 0.6 is 0 Å². The molecule has 0 saturated carbocycles. The number of nitrogens with zero attached hydrogens (tertiary/aromatic N) is 3. The van der Waals surface area contributed by atoms with Crippen molar-refractivity contribution in [2.24, 2.45) is 13.0 Å². The van der Waals surface area contributed by atoms with Crippen LogP contribution in [-0.2, 0) is 16.5 Å². The second kappa shape index (κ2) is 6.83. The van der Waals surface area contributed by atoms with Crippen LogP contribution in [0.3, 0.4) is 0 Å². The van der Waals surface area contributed by atoms with Crippen molar-refractivity contribution in [3.63, 3.8) is 0 Å². The molecule has 0 amide bonds. The number of aryl methyl sites for hydroxylation is 1. The molecule has 3 fully saturated rings. The molecule has 6 heteroatoms. The third-order valence-electron chi connectivity index (χ3n) is 6.17. The van der Waals surface area contributed by atoms with E-state index >= 15 is 0 Å². The van der Waals surface area contributed by atoms with E-state index in [0.717, 1.165) is 45.8 Å². The normalized spacial score (nSPS) is 27.7. The molecule has 3 aliphatic heterocycles. The molecule has 26 heavy (non-hydrogen) atoms. The Morgan fingerprint density at radius 3 is 2.88 bits per heavy atom. The Bertz CT molecular complexity index is 777. The highest BCUT2D eigenvalue weighted by atomic mass is 16.7. The van der Waals surface area contributed by atoms with Crippen molar-refractivity contribution in [1.29, 1.82) is 0 Å². The lowest BCUT2D eigenvalue weighted by molar-refractivity contribution is -0.0772. The van der Waals surface area contributed by atoms with Gasteiger partial charge < -0.3 is 19.7 Å². The highest BCUT2D eigenvalue weighted by Gasteiger charge is 2.33. The van der Waals surface area contributed by atoms with Crippen molar-refractivity contribution < 1.29 is 9.47 Å². The maximum Gasteiger partial charge on any atom is 0.162 e. The summed E-state index contributed by atoms with van der Waals surface area (Å²) in [5.41, 5.74) is 3.78. The first kappa shape index (κ1) is 16.5. The number of rotatable bonds is 3. The van der Waals surface area contributed by atoms with Gasteiger partial charge in [0, 0.05) is 49.6 Å². The van der Waals surface area contributed by atoms with E-state index in [0.29, 0.717) is 11.8 Å². The average molecular weight is 356 g/mol. The first-order valence-electron chi connectivity index (χ1n) is 9.95. The monoisotopic (exact) mass is 356 g/mol. The number of ether oxygens (including phenoxy) is 2. The zero-order valence-electron chi connectivity index (χ0n) is 15.5. The van der Waals surface area contributed by atoms with E-state index in [9.17, 15) is 0 Å². The Hall–Kier alpha value is -1.63. The first-order valence-corrected chi connectivity index (χ1v) is 9.95. The van der Waals surface area contributed by atoms with Crippen LogP contribution in [0.2, 0.25) is 0 Å². The van der Waals surface area contributed by atoms with E-state index in [2.05, 4.69) is 40.1 Å². The lowest BCUT2D eigenvalue weighted by Crippen LogP contribution is -2.28. The van der Waals surface area contributed by atoms with E-state index < -0.39 is 0 Å². The number of nitrogens with one attached hydrogen (secondary N) is 1. The molecule has 0 bridgehead atoms. The third-order valence-corrected chi connectivity index (χ3v) is 6.17. The van der Waals surface area contributed by atoms with Crippen molar-refractivity contribution in [2.45, 2.75) is 31.5 Å². The van der Waals surface area contributed by atoms with Crippen LogP contribution in [0.4, 0.5) is 5.69 Å². The molecule has 0 spiro atoms. The summed E-state index contributed by atoms with van der Waals surface area (Å²) in [6.07, 6.45) is 3.59. The molecule has 140 valence electrons. The fourth-order valence-corrected chi connectivity index (χ4v) is 4.75. The quantitative estimate of drug-likeness (QED) is 0.914. The highest BCUT2D eigenvalue weighted by Crippen LogP contribution is 2.34. The molecule has 0 radical (unpaired) electrons. The van der Waals surface area contributed by atoms with Gasteiger partial charge in [-0.15, -0.1) is 0 Å². The van der Waals surface area contributed by atoms with Crippen LogP contribution in [0, 0.1) is 5.92 Å². The molecule has 2 unspecified atom stereocenters. The predicted octanol–water partition coefficient (Wildman–Crippen LogP) is 2.24. The van der Waals surface area contributed by atoms with Crippen LogP contribution < -0.4 is 10.2 Å². The van der Waals surface area contributed by atoms with Gasteiger partial charge >= 0.3 is 0 Å². The van der Waals surface area contributed by atoms with Gasteiger partial charge in [0.15, 0.2) is 6.29 Å². The minimum Gasteiger partial charge on any atom is -0.371 e. The van der Waals surface area contributed by atoms with Crippen molar-refractivity contribution in [3.8, 4) is 0 Å². The topological polar surface area (TPSA) is 51.6 Å². The van der Waals surface area contributed by atoms with E-state index in [4.69, 9.17) is 14.6 Å². The predicted molar refractivity (Wildman–Crippen MR) is 102 cm³/mol. The van der Waals surface area contributed by atoms with Crippen molar-refractivity contribution in [2.75, 3.05) is 44.3 Å². The third kappa shape index (κ3) is 2.90. The molecule has 1 aromatic carbocycles. The van der Waals surface area contributed by atoms with Crippen LogP contribution in [0.15, 0.2) is 18.2 Å². The summed E-state index contributed by atoms with van der Waals surface area (Å²) in [7, 11) is 2.07. The number of benzene rings is 1. The lowest BCUT2D eigenvalue weighted by Gasteiger charge is -2.22. The van der Waals surface area contributed by atoms with Gasteiger partial charge in [-0.05, 0) is 44.0 Å². The molecule has 3 aliphatic rings. The number of piperidine rings is 1. The van der Waals surface area contributed by atoms with Gasteiger partial charge in [0.05, 0.1) is 24.4 Å². The maximum absolute atomic E-state index is 5.71. The van der Waals surface area contributed by atoms with Gasteiger partial charge in [0.2, 0.25) is 0 Å². The maximum atomic E-state index is 5.71. The number of anilines is 1. The summed E-state index contributed by atoms with van der Waals surface area (Å²) < 4.78 is 13.5. The summed E-state index contributed by atoms with van der Waals surface area (Å²) in [4.78, 5) is 2.46. The molecule has 2 aromatic rings. The number of fused-ring (bicyclic) bond motifs is 1. The van der Waals surface area contributed by atoms with Crippen molar-refractivity contribution in [3.05, 3.63) is 23.9 Å². The van der Waals surface area contributed by atoms with Gasteiger partial charge in [-0.1, -0.05) is 0 Å². The number of hydrogen-bond donors (Lipinski definition) is 1. The Kier molecular flexibility index (Phi) is 4.35. The van der Waals surface area contributed by atoms with Crippen LogP contribution in [-0.4, -0.2) is 55.5 Å². The van der Waals surface area contributed by atoms with E-state index in [1.165, 1.54) is 35.1 Å². The minimum absolute atomic E-state index is 0.00848. The zero-order valence-corrected chi connectivity index (χ0v) is 15.5. The van der Waals surface area contributed by atoms with Crippen molar-refractivity contribution >= 4 is 16.6 Å². The summed E-state index contributed by atoms with van der Waals surface area (Å²) >= 11 is 0. The molecular weight excluding hydrogens is 328 g/mol. The number of hydrogen-bond acceptors (Lipinski definition) is 5. The fourth-order valence-electron chi connectivity index (χ4n) is 4.75. The van der Waals surface area contributed by atoms with Gasteiger partial charge in [0.25, 0.3) is 0 Å². The van der Waals surface area contributed by atoms with Crippen LogP contribution in [0.5, 0.6) is 0 Å². The molecule has 1 aromatic heterocycles. The van der Waals surface area contributed by atoms with Gasteiger partial charge in [0.1, 0.15) is 0 Å². The first-order chi connectivity index (χ1) is 12.8. The Labute approximate surface area is 154 Å². The molecule has 2 atom stereocenters. The fraction of sp³-hybridized carbons (Fsp3) is 0.650. The second-order valence-electron chi connectivity index (χ2n) is 7.86. The molecule has 0 aliphatic carbocycles. The smallest absolute Gasteiger partial charge is 0.162 e. The summed E-state index contributed by atoms with van der Waals surface area (Å²) in [6, 6.07) is 6.85. The molecule has 6 nitrogen and oxygen atoms in total. The zero-order chi connectivity index (χ0) is 17.5. The lowest BCUT2D eigenvalue weighted by atomic mass is 9.94. The van der Waals surface area contributed by atoms with Gasteiger partial charge in [-0.2, -0.15) is 5.10 Å².